The number of aryl methyl sites for hydroxylation is 1. The van der Waals surface area contributed by atoms with Crippen LogP contribution in [-0.4, -0.2) is 5.91 Å². The summed E-state index contributed by atoms with van der Waals surface area (Å²) in [5.74, 6) is -0.397. The summed E-state index contributed by atoms with van der Waals surface area (Å²) < 4.78 is 0. The number of nitriles is 1. The van der Waals surface area contributed by atoms with E-state index in [-0.39, 0.29) is 11.6 Å². The molecule has 0 bridgehead atoms. The maximum absolute atomic E-state index is 12.2. The average molecular weight is 319 g/mol. The second kappa shape index (κ2) is 8.54. The highest BCUT2D eigenvalue weighted by Gasteiger charge is 2.13. The fourth-order valence-corrected chi connectivity index (χ4v) is 2.24. The third-order valence-corrected chi connectivity index (χ3v) is 3.76. The Morgan fingerprint density at radius 3 is 2.42 bits per heavy atom. The smallest absolute Gasteiger partial charge is 0.263 e. The number of anilines is 1. The van der Waals surface area contributed by atoms with Gasteiger partial charge in [0.05, 0.1) is 6.04 Å². The Morgan fingerprint density at radius 2 is 1.83 bits per heavy atom. The topological polar surface area (TPSA) is 64.9 Å². The van der Waals surface area contributed by atoms with Gasteiger partial charge in [0.2, 0.25) is 0 Å². The summed E-state index contributed by atoms with van der Waals surface area (Å²) in [6.07, 6.45) is 2.41. The molecule has 1 unspecified atom stereocenters. The zero-order chi connectivity index (χ0) is 17.4. The lowest BCUT2D eigenvalue weighted by atomic mass is 10.1. The average Bonchev–Trinajstić information content (AvgIpc) is 2.63. The van der Waals surface area contributed by atoms with Crippen molar-refractivity contribution in [3.63, 3.8) is 0 Å². The van der Waals surface area contributed by atoms with Crippen LogP contribution >= 0.6 is 0 Å². The normalized spacial score (nSPS) is 12.1. The van der Waals surface area contributed by atoms with Gasteiger partial charge in [-0.15, -0.1) is 0 Å². The van der Waals surface area contributed by atoms with E-state index in [0.717, 1.165) is 17.7 Å². The van der Waals surface area contributed by atoms with Crippen LogP contribution < -0.4 is 10.6 Å². The Balaban J connectivity index is 2.01. The molecule has 0 saturated heterocycles. The van der Waals surface area contributed by atoms with Crippen molar-refractivity contribution in [3.05, 3.63) is 77.5 Å². The van der Waals surface area contributed by atoms with E-state index < -0.39 is 5.91 Å². The van der Waals surface area contributed by atoms with Crippen LogP contribution in [0.4, 0.5) is 5.69 Å². The lowest BCUT2D eigenvalue weighted by Crippen LogP contribution is -2.28. The number of nitrogens with one attached hydrogen (secondary N) is 2. The summed E-state index contributed by atoms with van der Waals surface area (Å²) in [6.45, 7) is 3.98. The molecular weight excluding hydrogens is 298 g/mol. The molecule has 0 aliphatic carbocycles. The van der Waals surface area contributed by atoms with Crippen molar-refractivity contribution in [1.29, 1.82) is 5.26 Å². The van der Waals surface area contributed by atoms with Crippen molar-refractivity contribution in [3.8, 4) is 6.07 Å². The van der Waals surface area contributed by atoms with E-state index >= 15 is 0 Å². The van der Waals surface area contributed by atoms with Crippen LogP contribution in [0.15, 0.2) is 66.4 Å². The summed E-state index contributed by atoms with van der Waals surface area (Å²) in [5, 5.41) is 15.0. The summed E-state index contributed by atoms with van der Waals surface area (Å²) in [5.41, 5.74) is 3.10. The maximum atomic E-state index is 12.2. The standard InChI is InChI=1S/C20H21N3O/c1-3-16-9-11-19(12-10-16)22-14-18(13-21)20(24)23-15(2)17-7-5-4-6-8-17/h4-12,14-15,22H,3H2,1-2H3,(H,23,24)/b18-14-. The van der Waals surface area contributed by atoms with Crippen LogP contribution in [0.3, 0.4) is 0 Å². The van der Waals surface area contributed by atoms with E-state index in [4.69, 9.17) is 0 Å². The number of benzene rings is 2. The number of carbonyl (C=O) groups excluding carboxylic acids is 1. The highest BCUT2D eigenvalue weighted by Crippen LogP contribution is 2.13. The molecule has 24 heavy (non-hydrogen) atoms. The molecule has 0 saturated carbocycles. The summed E-state index contributed by atoms with van der Waals surface area (Å²) in [6, 6.07) is 19.3. The molecule has 0 heterocycles. The first kappa shape index (κ1) is 17.3. The van der Waals surface area contributed by atoms with Crippen LogP contribution in [0.5, 0.6) is 0 Å². The Morgan fingerprint density at radius 1 is 1.17 bits per heavy atom. The molecule has 1 atom stereocenters. The van der Waals surface area contributed by atoms with Gasteiger partial charge in [-0.2, -0.15) is 5.26 Å². The van der Waals surface area contributed by atoms with Gasteiger partial charge in [-0.25, -0.2) is 0 Å². The SMILES string of the molecule is CCc1ccc(N/C=C(/C#N)C(=O)NC(C)c2ccccc2)cc1. The molecule has 0 radical (unpaired) electrons. The van der Waals surface area contributed by atoms with E-state index in [1.807, 2.05) is 67.6 Å². The molecule has 0 aliphatic heterocycles. The van der Waals surface area contributed by atoms with Crippen molar-refractivity contribution in [2.75, 3.05) is 5.32 Å². The van der Waals surface area contributed by atoms with E-state index in [2.05, 4.69) is 17.6 Å². The zero-order valence-corrected chi connectivity index (χ0v) is 13.9. The predicted molar refractivity (Wildman–Crippen MR) is 96.1 cm³/mol. The molecule has 2 aromatic rings. The Kier molecular flexibility index (Phi) is 6.16. The van der Waals surface area contributed by atoms with Gasteiger partial charge in [0, 0.05) is 11.9 Å². The molecule has 4 heteroatoms. The molecule has 2 rings (SSSR count). The molecule has 1 amide bonds. The van der Waals surface area contributed by atoms with Gasteiger partial charge < -0.3 is 10.6 Å². The minimum absolute atomic E-state index is 0.0392. The van der Waals surface area contributed by atoms with Crippen molar-refractivity contribution in [2.45, 2.75) is 26.3 Å². The maximum Gasteiger partial charge on any atom is 0.263 e. The molecule has 0 fully saturated rings. The highest BCUT2D eigenvalue weighted by atomic mass is 16.1. The number of amides is 1. The van der Waals surface area contributed by atoms with Crippen LogP contribution in [-0.2, 0) is 11.2 Å². The van der Waals surface area contributed by atoms with E-state index in [0.29, 0.717) is 0 Å². The molecule has 0 aliphatic rings. The summed E-state index contributed by atoms with van der Waals surface area (Å²) in [4.78, 5) is 12.2. The van der Waals surface area contributed by atoms with E-state index in [1.54, 1.807) is 0 Å². The fourth-order valence-electron chi connectivity index (χ4n) is 2.24. The first-order valence-electron chi connectivity index (χ1n) is 7.95. The minimum atomic E-state index is -0.397. The highest BCUT2D eigenvalue weighted by molar-refractivity contribution is 5.97. The molecule has 122 valence electrons. The first-order valence-corrected chi connectivity index (χ1v) is 7.95. The third kappa shape index (κ3) is 4.72. The van der Waals surface area contributed by atoms with Crippen LogP contribution in [0.1, 0.15) is 31.0 Å². The van der Waals surface area contributed by atoms with Gasteiger partial charge in [0.25, 0.3) is 5.91 Å². The van der Waals surface area contributed by atoms with E-state index in [9.17, 15) is 10.1 Å². The van der Waals surface area contributed by atoms with Gasteiger partial charge in [-0.05, 0) is 36.6 Å². The zero-order valence-electron chi connectivity index (χ0n) is 13.9. The molecule has 2 N–H and O–H groups in total. The monoisotopic (exact) mass is 319 g/mol. The number of nitrogens with zero attached hydrogens (tertiary/aromatic N) is 1. The number of rotatable bonds is 6. The van der Waals surface area contributed by atoms with E-state index in [1.165, 1.54) is 11.8 Å². The van der Waals surface area contributed by atoms with Crippen LogP contribution in [0, 0.1) is 11.3 Å². The second-order valence-electron chi connectivity index (χ2n) is 5.47. The van der Waals surface area contributed by atoms with Gasteiger partial charge in [0.1, 0.15) is 11.6 Å². The molecule has 4 nitrogen and oxygen atoms in total. The second-order valence-corrected chi connectivity index (χ2v) is 5.47. The largest absolute Gasteiger partial charge is 0.360 e. The van der Waals surface area contributed by atoms with Crippen molar-refractivity contribution < 1.29 is 4.79 Å². The van der Waals surface area contributed by atoms with Crippen molar-refractivity contribution >= 4 is 11.6 Å². The molecule has 0 aromatic heterocycles. The Labute approximate surface area is 142 Å². The Hall–Kier alpha value is -3.06. The summed E-state index contributed by atoms with van der Waals surface area (Å²) in [7, 11) is 0. The van der Waals surface area contributed by atoms with Gasteiger partial charge in [0.15, 0.2) is 0 Å². The first-order chi connectivity index (χ1) is 11.6. The van der Waals surface area contributed by atoms with Crippen molar-refractivity contribution in [2.24, 2.45) is 0 Å². The summed E-state index contributed by atoms with van der Waals surface area (Å²) >= 11 is 0. The van der Waals surface area contributed by atoms with Crippen LogP contribution in [0.25, 0.3) is 0 Å². The molecular formula is C20H21N3O. The molecule has 0 spiro atoms. The quantitative estimate of drug-likeness (QED) is 0.626. The number of hydrogen-bond acceptors (Lipinski definition) is 3. The third-order valence-electron chi connectivity index (χ3n) is 3.76. The fraction of sp³-hybridized carbons (Fsp3) is 0.200. The molecule has 2 aromatic carbocycles. The lowest BCUT2D eigenvalue weighted by molar-refractivity contribution is -0.117. The lowest BCUT2D eigenvalue weighted by Gasteiger charge is -2.13. The Bertz CT molecular complexity index is 743. The number of hydrogen-bond donors (Lipinski definition) is 2. The number of carbonyl (C=O) groups is 1. The van der Waals surface area contributed by atoms with Gasteiger partial charge in [-0.3, -0.25) is 4.79 Å². The van der Waals surface area contributed by atoms with Crippen molar-refractivity contribution in [1.82, 2.24) is 5.32 Å². The van der Waals surface area contributed by atoms with Crippen LogP contribution in [0.2, 0.25) is 0 Å². The minimum Gasteiger partial charge on any atom is -0.360 e. The van der Waals surface area contributed by atoms with Gasteiger partial charge >= 0.3 is 0 Å². The predicted octanol–water partition coefficient (Wildman–Crippen LogP) is 3.95. The van der Waals surface area contributed by atoms with Gasteiger partial charge in [-0.1, -0.05) is 49.4 Å².